The fraction of sp³-hybridized carbons (Fsp3) is 0.278. The SMILES string of the molecule is Cc1ccccc1CN(C)CC(=O)Nc1cc(F)ccc1C. The van der Waals surface area contributed by atoms with Crippen molar-refractivity contribution in [3.8, 4) is 0 Å². The number of likely N-dealkylation sites (N-methyl/N-ethyl adjacent to an activating group) is 1. The molecule has 0 heterocycles. The number of aryl methyl sites for hydroxylation is 2. The highest BCUT2D eigenvalue weighted by molar-refractivity contribution is 5.92. The van der Waals surface area contributed by atoms with Gasteiger partial charge in [0.2, 0.25) is 5.91 Å². The van der Waals surface area contributed by atoms with Crippen molar-refractivity contribution in [2.75, 3.05) is 18.9 Å². The van der Waals surface area contributed by atoms with E-state index in [9.17, 15) is 9.18 Å². The molecule has 2 aromatic rings. The highest BCUT2D eigenvalue weighted by Crippen LogP contribution is 2.16. The van der Waals surface area contributed by atoms with Gasteiger partial charge in [0.1, 0.15) is 5.82 Å². The first-order valence-electron chi connectivity index (χ1n) is 7.25. The topological polar surface area (TPSA) is 32.3 Å². The predicted octanol–water partition coefficient (Wildman–Crippen LogP) is 3.51. The summed E-state index contributed by atoms with van der Waals surface area (Å²) < 4.78 is 13.2. The van der Waals surface area contributed by atoms with E-state index in [1.165, 1.54) is 23.3 Å². The lowest BCUT2D eigenvalue weighted by Crippen LogP contribution is -2.30. The number of hydrogen-bond donors (Lipinski definition) is 1. The Morgan fingerprint density at radius 1 is 1.14 bits per heavy atom. The van der Waals surface area contributed by atoms with Crippen molar-refractivity contribution in [2.45, 2.75) is 20.4 Å². The lowest BCUT2D eigenvalue weighted by Gasteiger charge is -2.18. The van der Waals surface area contributed by atoms with Crippen molar-refractivity contribution in [3.63, 3.8) is 0 Å². The van der Waals surface area contributed by atoms with Gasteiger partial charge in [0.15, 0.2) is 0 Å². The fourth-order valence-electron chi connectivity index (χ4n) is 2.30. The molecule has 0 bridgehead atoms. The third kappa shape index (κ3) is 4.40. The molecular formula is C18H21FN2O. The molecule has 0 aromatic heterocycles. The average Bonchev–Trinajstić information content (AvgIpc) is 2.45. The molecule has 0 radical (unpaired) electrons. The first kappa shape index (κ1) is 16.2. The fourth-order valence-corrected chi connectivity index (χ4v) is 2.30. The van der Waals surface area contributed by atoms with E-state index in [1.54, 1.807) is 6.07 Å². The lowest BCUT2D eigenvalue weighted by atomic mass is 10.1. The molecule has 22 heavy (non-hydrogen) atoms. The Balaban J connectivity index is 1.94. The number of halogens is 1. The van der Waals surface area contributed by atoms with Crippen LogP contribution in [0.4, 0.5) is 10.1 Å². The van der Waals surface area contributed by atoms with E-state index in [0.29, 0.717) is 12.2 Å². The number of anilines is 1. The van der Waals surface area contributed by atoms with Gasteiger partial charge in [-0.1, -0.05) is 30.3 Å². The van der Waals surface area contributed by atoms with E-state index in [2.05, 4.69) is 24.4 Å². The van der Waals surface area contributed by atoms with Crippen molar-refractivity contribution in [1.82, 2.24) is 4.90 Å². The van der Waals surface area contributed by atoms with Gasteiger partial charge in [0.25, 0.3) is 0 Å². The van der Waals surface area contributed by atoms with Crippen molar-refractivity contribution < 1.29 is 9.18 Å². The Labute approximate surface area is 130 Å². The molecule has 0 aliphatic heterocycles. The number of hydrogen-bond acceptors (Lipinski definition) is 2. The van der Waals surface area contributed by atoms with Crippen LogP contribution < -0.4 is 5.32 Å². The van der Waals surface area contributed by atoms with Gasteiger partial charge in [0.05, 0.1) is 6.54 Å². The van der Waals surface area contributed by atoms with Gasteiger partial charge in [-0.2, -0.15) is 0 Å². The van der Waals surface area contributed by atoms with Crippen LogP contribution in [0.3, 0.4) is 0 Å². The molecule has 0 aliphatic rings. The zero-order valence-corrected chi connectivity index (χ0v) is 13.2. The van der Waals surface area contributed by atoms with Gasteiger partial charge in [-0.3, -0.25) is 9.69 Å². The van der Waals surface area contributed by atoms with Gasteiger partial charge >= 0.3 is 0 Å². The Bertz CT molecular complexity index is 670. The number of nitrogens with one attached hydrogen (secondary N) is 1. The summed E-state index contributed by atoms with van der Waals surface area (Å²) in [6.07, 6.45) is 0. The summed E-state index contributed by atoms with van der Waals surface area (Å²) >= 11 is 0. The minimum atomic E-state index is -0.353. The van der Waals surface area contributed by atoms with Crippen LogP contribution in [0.5, 0.6) is 0 Å². The average molecular weight is 300 g/mol. The Morgan fingerprint density at radius 2 is 1.86 bits per heavy atom. The van der Waals surface area contributed by atoms with Gasteiger partial charge in [-0.25, -0.2) is 4.39 Å². The third-order valence-corrected chi connectivity index (χ3v) is 3.59. The first-order valence-corrected chi connectivity index (χ1v) is 7.25. The minimum Gasteiger partial charge on any atom is -0.325 e. The molecule has 1 N–H and O–H groups in total. The second-order valence-corrected chi connectivity index (χ2v) is 5.61. The van der Waals surface area contributed by atoms with Crippen LogP contribution in [0.25, 0.3) is 0 Å². The second kappa shape index (κ2) is 7.18. The van der Waals surface area contributed by atoms with Gasteiger partial charge in [-0.05, 0) is 49.7 Å². The maximum atomic E-state index is 13.2. The van der Waals surface area contributed by atoms with Crippen molar-refractivity contribution in [3.05, 3.63) is 65.0 Å². The number of nitrogens with zero attached hydrogens (tertiary/aromatic N) is 1. The predicted molar refractivity (Wildman–Crippen MR) is 87.3 cm³/mol. The molecular weight excluding hydrogens is 279 g/mol. The largest absolute Gasteiger partial charge is 0.325 e. The molecule has 0 fully saturated rings. The van der Waals surface area contributed by atoms with E-state index >= 15 is 0 Å². The Kier molecular flexibility index (Phi) is 5.28. The molecule has 1 amide bonds. The number of amides is 1. The molecule has 116 valence electrons. The highest BCUT2D eigenvalue weighted by Gasteiger charge is 2.10. The van der Waals surface area contributed by atoms with Crippen LogP contribution in [0, 0.1) is 19.7 Å². The van der Waals surface area contributed by atoms with Crippen molar-refractivity contribution >= 4 is 11.6 Å². The van der Waals surface area contributed by atoms with Crippen LogP contribution >= 0.6 is 0 Å². The molecule has 0 atom stereocenters. The first-order chi connectivity index (χ1) is 10.5. The van der Waals surface area contributed by atoms with Gasteiger partial charge in [-0.15, -0.1) is 0 Å². The van der Waals surface area contributed by atoms with E-state index in [1.807, 2.05) is 31.0 Å². The summed E-state index contributed by atoms with van der Waals surface area (Å²) in [6.45, 7) is 4.85. The monoisotopic (exact) mass is 300 g/mol. The molecule has 4 heteroatoms. The summed E-state index contributed by atoms with van der Waals surface area (Å²) in [5, 5.41) is 2.76. The maximum absolute atomic E-state index is 13.2. The summed E-state index contributed by atoms with van der Waals surface area (Å²) in [5.74, 6) is -0.501. The van der Waals surface area contributed by atoms with E-state index < -0.39 is 0 Å². The van der Waals surface area contributed by atoms with E-state index in [4.69, 9.17) is 0 Å². The normalized spacial score (nSPS) is 10.8. The number of rotatable bonds is 5. The van der Waals surface area contributed by atoms with Crippen LogP contribution in [0.15, 0.2) is 42.5 Å². The molecule has 0 saturated carbocycles. The van der Waals surface area contributed by atoms with Crippen LogP contribution in [0.1, 0.15) is 16.7 Å². The summed E-state index contributed by atoms with van der Waals surface area (Å²) in [5.41, 5.74) is 3.76. The van der Waals surface area contributed by atoms with Gasteiger partial charge in [0, 0.05) is 12.2 Å². The third-order valence-electron chi connectivity index (χ3n) is 3.59. The molecule has 2 rings (SSSR count). The van der Waals surface area contributed by atoms with Crippen molar-refractivity contribution in [2.24, 2.45) is 0 Å². The molecule has 3 nitrogen and oxygen atoms in total. The number of carbonyl (C=O) groups excluding carboxylic acids is 1. The van der Waals surface area contributed by atoms with Crippen molar-refractivity contribution in [1.29, 1.82) is 0 Å². The Hall–Kier alpha value is -2.20. The second-order valence-electron chi connectivity index (χ2n) is 5.61. The van der Waals surface area contributed by atoms with E-state index in [0.717, 1.165) is 5.56 Å². The molecule has 0 aliphatic carbocycles. The maximum Gasteiger partial charge on any atom is 0.238 e. The zero-order valence-electron chi connectivity index (χ0n) is 13.2. The minimum absolute atomic E-state index is 0.148. The van der Waals surface area contributed by atoms with Crippen LogP contribution in [0.2, 0.25) is 0 Å². The Morgan fingerprint density at radius 3 is 2.59 bits per heavy atom. The summed E-state index contributed by atoms with van der Waals surface area (Å²) in [4.78, 5) is 14.0. The summed E-state index contributed by atoms with van der Waals surface area (Å²) in [7, 11) is 1.89. The number of benzene rings is 2. The van der Waals surface area contributed by atoms with Crippen LogP contribution in [-0.2, 0) is 11.3 Å². The zero-order chi connectivity index (χ0) is 16.1. The highest BCUT2D eigenvalue weighted by atomic mass is 19.1. The molecule has 0 unspecified atom stereocenters. The molecule has 2 aromatic carbocycles. The van der Waals surface area contributed by atoms with Crippen LogP contribution in [-0.4, -0.2) is 24.4 Å². The lowest BCUT2D eigenvalue weighted by molar-refractivity contribution is -0.117. The molecule has 0 saturated heterocycles. The smallest absolute Gasteiger partial charge is 0.238 e. The quantitative estimate of drug-likeness (QED) is 0.916. The number of carbonyl (C=O) groups is 1. The molecule has 0 spiro atoms. The van der Waals surface area contributed by atoms with Gasteiger partial charge < -0.3 is 5.32 Å². The standard InChI is InChI=1S/C18H21FN2O/c1-13-6-4-5-7-15(13)11-21(3)12-18(22)20-17-10-16(19)9-8-14(17)2/h4-10H,11-12H2,1-3H3,(H,20,22). The van der Waals surface area contributed by atoms with E-state index in [-0.39, 0.29) is 18.3 Å². The summed E-state index contributed by atoms with van der Waals surface area (Å²) in [6, 6.07) is 12.5.